The van der Waals surface area contributed by atoms with Gasteiger partial charge in [0.2, 0.25) is 5.69 Å². The zero-order valence-corrected chi connectivity index (χ0v) is 7.06. The van der Waals surface area contributed by atoms with Crippen molar-refractivity contribution >= 4 is 5.97 Å². The largest absolute Gasteiger partial charge is 0.618 e. The Labute approximate surface area is 74.8 Å². The summed E-state index contributed by atoms with van der Waals surface area (Å²) in [6, 6.07) is 4.27. The summed E-state index contributed by atoms with van der Waals surface area (Å²) in [4.78, 5) is 11.0. The third-order valence-electron chi connectivity index (χ3n) is 1.58. The molecule has 0 bridgehead atoms. The first kappa shape index (κ1) is 9.47. The Bertz CT molecular complexity index is 324. The molecule has 0 aromatic carbocycles. The third-order valence-corrected chi connectivity index (χ3v) is 1.58. The van der Waals surface area contributed by atoms with Crippen LogP contribution in [0.1, 0.15) is 16.2 Å². The number of aromatic nitrogens is 1. The number of methoxy groups -OCH3 is 1. The lowest BCUT2D eigenvalue weighted by atomic mass is 10.3. The van der Waals surface area contributed by atoms with Crippen LogP contribution in [-0.2, 0) is 11.3 Å². The zero-order chi connectivity index (χ0) is 9.84. The Morgan fingerprint density at radius 1 is 1.69 bits per heavy atom. The number of nitrogens with zero attached hydrogens (tertiary/aromatic N) is 1. The van der Waals surface area contributed by atoms with Crippen LogP contribution in [0.3, 0.4) is 0 Å². The van der Waals surface area contributed by atoms with Crippen molar-refractivity contribution < 1.29 is 19.4 Å². The lowest BCUT2D eigenvalue weighted by molar-refractivity contribution is -0.619. The molecule has 0 radical (unpaired) electrons. The van der Waals surface area contributed by atoms with Crippen molar-refractivity contribution in [1.29, 1.82) is 0 Å². The first-order chi connectivity index (χ1) is 6.20. The first-order valence-corrected chi connectivity index (χ1v) is 3.61. The fraction of sp³-hybridized carbons (Fsp3) is 0.250. The predicted octanol–water partition coefficient (Wildman–Crippen LogP) is -0.401. The number of carbonyl (C=O) groups is 1. The normalized spacial score (nSPS) is 9.69. The Hall–Kier alpha value is -1.62. The molecule has 0 aliphatic heterocycles. The summed E-state index contributed by atoms with van der Waals surface area (Å²) in [5.41, 5.74) is -0.0167. The van der Waals surface area contributed by atoms with E-state index >= 15 is 0 Å². The minimum Gasteiger partial charge on any atom is -0.618 e. The zero-order valence-electron chi connectivity index (χ0n) is 7.06. The van der Waals surface area contributed by atoms with Gasteiger partial charge in [-0.05, 0) is 6.07 Å². The van der Waals surface area contributed by atoms with Crippen molar-refractivity contribution in [2.24, 2.45) is 0 Å². The van der Waals surface area contributed by atoms with Crippen LogP contribution in [0, 0.1) is 5.21 Å². The van der Waals surface area contributed by atoms with Crippen LogP contribution in [0.4, 0.5) is 0 Å². The number of hydrogen-bond donors (Lipinski definition) is 1. The molecule has 1 rings (SSSR count). The van der Waals surface area contributed by atoms with Crippen LogP contribution >= 0.6 is 0 Å². The van der Waals surface area contributed by atoms with Crippen molar-refractivity contribution in [1.82, 2.24) is 0 Å². The quantitative estimate of drug-likeness (QED) is 0.384. The van der Waals surface area contributed by atoms with Gasteiger partial charge >= 0.3 is 11.7 Å². The first-order valence-electron chi connectivity index (χ1n) is 3.61. The highest BCUT2D eigenvalue weighted by molar-refractivity contribution is 5.85. The summed E-state index contributed by atoms with van der Waals surface area (Å²) >= 11 is 0. The molecule has 5 heteroatoms. The monoisotopic (exact) mass is 183 g/mol. The highest BCUT2D eigenvalue weighted by Crippen LogP contribution is 1.98. The Kier molecular flexibility index (Phi) is 2.81. The van der Waals surface area contributed by atoms with Crippen LogP contribution in [-0.4, -0.2) is 18.2 Å². The Morgan fingerprint density at radius 3 is 2.92 bits per heavy atom. The van der Waals surface area contributed by atoms with E-state index < -0.39 is 12.6 Å². The SMILES string of the molecule is COC(=O)c1cccc(CO)[n+]1[O-]. The number of pyridine rings is 1. The summed E-state index contributed by atoms with van der Waals surface area (Å²) < 4.78 is 4.73. The van der Waals surface area contributed by atoms with E-state index in [0.29, 0.717) is 4.73 Å². The number of aliphatic hydroxyl groups excluding tert-OH is 1. The molecule has 0 unspecified atom stereocenters. The van der Waals surface area contributed by atoms with Gasteiger partial charge in [0.1, 0.15) is 6.61 Å². The van der Waals surface area contributed by atoms with Crippen LogP contribution < -0.4 is 4.73 Å². The van der Waals surface area contributed by atoms with Crippen LogP contribution in [0.15, 0.2) is 18.2 Å². The van der Waals surface area contributed by atoms with Crippen molar-refractivity contribution in [3.8, 4) is 0 Å². The summed E-state index contributed by atoms with van der Waals surface area (Å²) in [7, 11) is 1.19. The molecule has 13 heavy (non-hydrogen) atoms. The van der Waals surface area contributed by atoms with Crippen LogP contribution in [0.25, 0.3) is 0 Å². The predicted molar refractivity (Wildman–Crippen MR) is 42.7 cm³/mol. The number of rotatable bonds is 2. The van der Waals surface area contributed by atoms with Gasteiger partial charge in [-0.3, -0.25) is 0 Å². The van der Waals surface area contributed by atoms with Gasteiger partial charge in [-0.25, -0.2) is 4.79 Å². The average Bonchev–Trinajstić information content (AvgIpc) is 2.17. The molecule has 1 aromatic rings. The summed E-state index contributed by atoms with van der Waals surface area (Å²) in [6.07, 6.45) is 0. The fourth-order valence-electron chi connectivity index (χ4n) is 0.913. The smallest absolute Gasteiger partial charge is 0.404 e. The van der Waals surface area contributed by atoms with Gasteiger partial charge < -0.3 is 15.1 Å². The molecular weight excluding hydrogens is 174 g/mol. The van der Waals surface area contributed by atoms with E-state index in [9.17, 15) is 10.0 Å². The molecule has 5 nitrogen and oxygen atoms in total. The van der Waals surface area contributed by atoms with E-state index in [1.54, 1.807) is 0 Å². The molecule has 0 saturated heterocycles. The minimum atomic E-state index is -0.717. The summed E-state index contributed by atoms with van der Waals surface area (Å²) in [5.74, 6) is -0.717. The van der Waals surface area contributed by atoms with Gasteiger partial charge in [0.15, 0.2) is 0 Å². The average molecular weight is 183 g/mol. The van der Waals surface area contributed by atoms with E-state index in [4.69, 9.17) is 5.11 Å². The molecule has 0 aliphatic carbocycles. The molecule has 1 aromatic heterocycles. The van der Waals surface area contributed by atoms with E-state index in [1.165, 1.54) is 25.3 Å². The number of aliphatic hydroxyl groups is 1. The summed E-state index contributed by atoms with van der Waals surface area (Å²) in [5, 5.41) is 20.0. The van der Waals surface area contributed by atoms with Crippen molar-refractivity contribution in [3.05, 3.63) is 34.8 Å². The van der Waals surface area contributed by atoms with E-state index in [0.717, 1.165) is 0 Å². The second kappa shape index (κ2) is 3.86. The second-order valence-electron chi connectivity index (χ2n) is 2.35. The van der Waals surface area contributed by atoms with Crippen LogP contribution in [0.2, 0.25) is 0 Å². The van der Waals surface area contributed by atoms with E-state index in [2.05, 4.69) is 4.74 Å². The molecular formula is C8H9NO4. The van der Waals surface area contributed by atoms with Gasteiger partial charge in [-0.1, -0.05) is 0 Å². The van der Waals surface area contributed by atoms with Crippen molar-refractivity contribution in [2.45, 2.75) is 6.61 Å². The van der Waals surface area contributed by atoms with Gasteiger partial charge in [-0.15, -0.1) is 0 Å². The number of carbonyl (C=O) groups excluding carboxylic acids is 1. The molecule has 0 spiro atoms. The summed E-state index contributed by atoms with van der Waals surface area (Å²) in [6.45, 7) is -0.408. The molecule has 1 N–H and O–H groups in total. The van der Waals surface area contributed by atoms with Gasteiger partial charge in [0, 0.05) is 12.1 Å². The molecule has 0 aliphatic rings. The Balaban J connectivity index is 3.15. The standard InChI is InChI=1S/C8H9NO4/c1-13-8(11)7-4-2-3-6(5-10)9(7)12/h2-4,10H,5H2,1H3. The minimum absolute atomic E-state index is 0.114. The van der Waals surface area contributed by atoms with Crippen molar-refractivity contribution in [3.63, 3.8) is 0 Å². The maximum absolute atomic E-state index is 11.3. The van der Waals surface area contributed by atoms with Gasteiger partial charge in [-0.2, -0.15) is 4.73 Å². The highest BCUT2D eigenvalue weighted by atomic mass is 16.5. The molecule has 0 saturated carbocycles. The molecule has 70 valence electrons. The fourth-order valence-corrected chi connectivity index (χ4v) is 0.913. The molecule has 0 atom stereocenters. The number of hydrogen-bond acceptors (Lipinski definition) is 4. The number of esters is 1. The lowest BCUT2D eigenvalue weighted by Gasteiger charge is -2.05. The van der Waals surface area contributed by atoms with E-state index in [-0.39, 0.29) is 11.4 Å². The topological polar surface area (TPSA) is 73.5 Å². The van der Waals surface area contributed by atoms with Crippen LogP contribution in [0.5, 0.6) is 0 Å². The molecule has 0 fully saturated rings. The number of ether oxygens (including phenoxy) is 1. The lowest BCUT2D eigenvalue weighted by Crippen LogP contribution is -2.39. The van der Waals surface area contributed by atoms with E-state index in [1.807, 2.05) is 0 Å². The van der Waals surface area contributed by atoms with Gasteiger partial charge in [0.25, 0.3) is 0 Å². The van der Waals surface area contributed by atoms with Gasteiger partial charge in [0.05, 0.1) is 7.11 Å². The highest BCUT2D eigenvalue weighted by Gasteiger charge is 2.18. The maximum Gasteiger partial charge on any atom is 0.404 e. The maximum atomic E-state index is 11.3. The Morgan fingerprint density at radius 2 is 2.38 bits per heavy atom. The molecule has 1 heterocycles. The molecule has 0 amide bonds. The second-order valence-corrected chi connectivity index (χ2v) is 2.35. The third kappa shape index (κ3) is 1.75. The van der Waals surface area contributed by atoms with Crippen molar-refractivity contribution in [2.75, 3.05) is 7.11 Å².